The maximum absolute atomic E-state index is 5.98. The number of unbranched alkanes of at least 4 members (excludes halogenated alkanes) is 6. The van der Waals surface area contributed by atoms with E-state index in [2.05, 4.69) is 34.6 Å². The van der Waals surface area contributed by atoms with Gasteiger partial charge < -0.3 is 5.73 Å². The van der Waals surface area contributed by atoms with Crippen LogP contribution in [0, 0.1) is 0 Å². The van der Waals surface area contributed by atoms with Crippen LogP contribution in [0.3, 0.4) is 0 Å². The average Bonchev–Trinajstić information content (AvgIpc) is 3.07. The molecule has 0 radical (unpaired) electrons. The molecular weight excluding hydrogens is 266 g/mol. The van der Waals surface area contributed by atoms with Crippen molar-refractivity contribution in [2.24, 2.45) is 0 Å². The van der Waals surface area contributed by atoms with E-state index in [1.165, 1.54) is 55.5 Å². The second-order valence-corrected chi connectivity index (χ2v) is 6.26. The highest BCUT2D eigenvalue weighted by molar-refractivity contribution is 7.13. The topological polar surface area (TPSA) is 54.7 Å². The van der Waals surface area contributed by atoms with Gasteiger partial charge in [-0.2, -0.15) is 5.10 Å². The van der Waals surface area contributed by atoms with Crippen molar-refractivity contribution in [1.29, 1.82) is 0 Å². The Morgan fingerprint density at radius 1 is 1.15 bits per heavy atom. The van der Waals surface area contributed by atoms with Crippen LogP contribution in [0.2, 0.25) is 0 Å². The number of nitrogen functional groups attached to an aromatic ring is 1. The minimum atomic E-state index is 0.630. The van der Waals surface area contributed by atoms with E-state index in [0.717, 1.165) is 12.0 Å². The third-order valence-corrected chi connectivity index (χ3v) is 4.55. The lowest BCUT2D eigenvalue weighted by Crippen LogP contribution is -1.91. The Morgan fingerprint density at radius 3 is 2.60 bits per heavy atom. The number of H-pyrrole nitrogens is 1. The van der Waals surface area contributed by atoms with Gasteiger partial charge in [0, 0.05) is 10.6 Å². The second-order valence-electron chi connectivity index (χ2n) is 5.31. The monoisotopic (exact) mass is 291 g/mol. The molecule has 0 aliphatic heterocycles. The number of hydrogen-bond donors (Lipinski definition) is 2. The van der Waals surface area contributed by atoms with E-state index in [1.807, 2.05) is 0 Å². The maximum Gasteiger partial charge on any atom is 0.154 e. The van der Waals surface area contributed by atoms with Crippen molar-refractivity contribution in [3.8, 4) is 10.4 Å². The first-order valence-electron chi connectivity index (χ1n) is 7.69. The van der Waals surface area contributed by atoms with Crippen molar-refractivity contribution < 1.29 is 0 Å². The standard InChI is InChI=1S/C16H25N3S/c1-2-3-4-5-6-7-8-10-13-15(16(17)19-18-13)14-11-9-12-20-14/h9,11-12H,2-8,10H2,1H3,(H3,17,18,19). The first-order chi connectivity index (χ1) is 9.83. The highest BCUT2D eigenvalue weighted by atomic mass is 32.1. The van der Waals surface area contributed by atoms with Crippen LogP contribution in [0.25, 0.3) is 10.4 Å². The smallest absolute Gasteiger partial charge is 0.154 e. The summed E-state index contributed by atoms with van der Waals surface area (Å²) in [7, 11) is 0. The largest absolute Gasteiger partial charge is 0.382 e. The maximum atomic E-state index is 5.98. The van der Waals surface area contributed by atoms with Crippen LogP contribution < -0.4 is 5.73 Å². The number of aromatic amines is 1. The van der Waals surface area contributed by atoms with Crippen molar-refractivity contribution in [2.45, 2.75) is 58.3 Å². The van der Waals surface area contributed by atoms with Gasteiger partial charge >= 0.3 is 0 Å². The van der Waals surface area contributed by atoms with Gasteiger partial charge in [-0.3, -0.25) is 5.10 Å². The molecule has 4 heteroatoms. The van der Waals surface area contributed by atoms with Gasteiger partial charge in [0.2, 0.25) is 0 Å². The number of hydrogen-bond acceptors (Lipinski definition) is 3. The number of aryl methyl sites for hydroxylation is 1. The molecule has 0 unspecified atom stereocenters. The summed E-state index contributed by atoms with van der Waals surface area (Å²) >= 11 is 1.72. The fraction of sp³-hybridized carbons (Fsp3) is 0.562. The van der Waals surface area contributed by atoms with Gasteiger partial charge in [0.05, 0.1) is 5.56 Å². The summed E-state index contributed by atoms with van der Waals surface area (Å²) in [4.78, 5) is 1.22. The number of aromatic nitrogens is 2. The Balaban J connectivity index is 1.79. The Kier molecular flexibility index (Phi) is 6.12. The molecule has 0 aliphatic carbocycles. The van der Waals surface area contributed by atoms with E-state index in [9.17, 15) is 0 Å². The first kappa shape index (κ1) is 15.1. The summed E-state index contributed by atoms with van der Waals surface area (Å²) in [5.41, 5.74) is 8.29. The predicted molar refractivity (Wildman–Crippen MR) is 88.0 cm³/mol. The normalized spacial score (nSPS) is 11.1. The van der Waals surface area contributed by atoms with Crippen LogP contribution in [0.1, 0.15) is 57.6 Å². The summed E-state index contributed by atoms with van der Waals surface area (Å²) in [6.45, 7) is 2.26. The minimum absolute atomic E-state index is 0.630. The molecule has 3 N–H and O–H groups in total. The zero-order valence-electron chi connectivity index (χ0n) is 12.3. The molecule has 2 rings (SSSR count). The Morgan fingerprint density at radius 2 is 1.90 bits per heavy atom. The lowest BCUT2D eigenvalue weighted by molar-refractivity contribution is 0.587. The molecule has 0 saturated heterocycles. The molecular formula is C16H25N3S. The van der Waals surface area contributed by atoms with Gasteiger partial charge in [0.25, 0.3) is 0 Å². The zero-order valence-corrected chi connectivity index (χ0v) is 13.1. The molecule has 0 amide bonds. The van der Waals surface area contributed by atoms with Gasteiger partial charge in [-0.15, -0.1) is 11.3 Å². The molecule has 0 aliphatic rings. The van der Waals surface area contributed by atoms with Gasteiger partial charge in [-0.1, -0.05) is 51.5 Å². The summed E-state index contributed by atoms with van der Waals surface area (Å²) < 4.78 is 0. The van der Waals surface area contributed by atoms with E-state index in [1.54, 1.807) is 11.3 Å². The lowest BCUT2D eigenvalue weighted by atomic mass is 10.0. The minimum Gasteiger partial charge on any atom is -0.382 e. The molecule has 20 heavy (non-hydrogen) atoms. The molecule has 0 aromatic carbocycles. The molecule has 2 aromatic rings. The zero-order chi connectivity index (χ0) is 14.2. The third kappa shape index (κ3) is 4.10. The van der Waals surface area contributed by atoms with E-state index >= 15 is 0 Å². The highest BCUT2D eigenvalue weighted by Crippen LogP contribution is 2.32. The van der Waals surface area contributed by atoms with E-state index in [0.29, 0.717) is 5.82 Å². The number of anilines is 1. The van der Waals surface area contributed by atoms with Gasteiger partial charge in [-0.25, -0.2) is 0 Å². The Labute approximate surface area is 125 Å². The molecule has 0 fully saturated rings. The molecule has 110 valence electrons. The number of nitrogens with zero attached hydrogens (tertiary/aromatic N) is 1. The van der Waals surface area contributed by atoms with Crippen molar-refractivity contribution in [2.75, 3.05) is 5.73 Å². The van der Waals surface area contributed by atoms with Crippen molar-refractivity contribution in [3.05, 3.63) is 23.2 Å². The molecule has 3 nitrogen and oxygen atoms in total. The molecule has 2 aromatic heterocycles. The number of thiophene rings is 1. The van der Waals surface area contributed by atoms with Crippen molar-refractivity contribution in [3.63, 3.8) is 0 Å². The van der Waals surface area contributed by atoms with E-state index in [4.69, 9.17) is 5.73 Å². The summed E-state index contributed by atoms with van der Waals surface area (Å²) in [6.07, 6.45) is 10.4. The van der Waals surface area contributed by atoms with Gasteiger partial charge in [-0.05, 0) is 24.3 Å². The van der Waals surface area contributed by atoms with Crippen LogP contribution in [-0.2, 0) is 6.42 Å². The molecule has 2 heterocycles. The average molecular weight is 291 g/mol. The SMILES string of the molecule is CCCCCCCCCc1[nH]nc(N)c1-c1cccs1. The third-order valence-electron chi connectivity index (χ3n) is 3.67. The van der Waals surface area contributed by atoms with Crippen LogP contribution in [0.4, 0.5) is 5.82 Å². The second kappa shape index (κ2) is 8.10. The Hall–Kier alpha value is -1.29. The number of nitrogens with one attached hydrogen (secondary N) is 1. The van der Waals surface area contributed by atoms with E-state index < -0.39 is 0 Å². The number of rotatable bonds is 9. The van der Waals surface area contributed by atoms with Crippen molar-refractivity contribution >= 4 is 17.2 Å². The summed E-state index contributed by atoms with van der Waals surface area (Å²) in [5.74, 6) is 0.630. The molecule has 0 atom stereocenters. The first-order valence-corrected chi connectivity index (χ1v) is 8.57. The summed E-state index contributed by atoms with van der Waals surface area (Å²) in [6, 6.07) is 4.17. The summed E-state index contributed by atoms with van der Waals surface area (Å²) in [5, 5.41) is 9.36. The fourth-order valence-corrected chi connectivity index (χ4v) is 3.34. The van der Waals surface area contributed by atoms with Crippen LogP contribution in [-0.4, -0.2) is 10.2 Å². The van der Waals surface area contributed by atoms with Crippen LogP contribution in [0.15, 0.2) is 17.5 Å². The number of nitrogens with two attached hydrogens (primary N) is 1. The van der Waals surface area contributed by atoms with Crippen molar-refractivity contribution in [1.82, 2.24) is 10.2 Å². The van der Waals surface area contributed by atoms with Gasteiger partial charge in [0.15, 0.2) is 5.82 Å². The predicted octanol–water partition coefficient (Wildman–Crippen LogP) is 5.01. The quantitative estimate of drug-likeness (QED) is 0.638. The lowest BCUT2D eigenvalue weighted by Gasteiger charge is -2.03. The van der Waals surface area contributed by atoms with Crippen LogP contribution >= 0.6 is 11.3 Å². The molecule has 0 spiro atoms. The molecule has 0 saturated carbocycles. The highest BCUT2D eigenvalue weighted by Gasteiger charge is 2.13. The van der Waals surface area contributed by atoms with Gasteiger partial charge in [0.1, 0.15) is 0 Å². The van der Waals surface area contributed by atoms with Crippen LogP contribution in [0.5, 0.6) is 0 Å². The van der Waals surface area contributed by atoms with E-state index in [-0.39, 0.29) is 0 Å². The fourth-order valence-electron chi connectivity index (χ4n) is 2.53. The molecule has 0 bridgehead atoms. The Bertz CT molecular complexity index is 488.